The zero-order valence-electron chi connectivity index (χ0n) is 21.0. The van der Waals surface area contributed by atoms with Gasteiger partial charge in [0.15, 0.2) is 11.4 Å². The summed E-state index contributed by atoms with van der Waals surface area (Å²) in [5, 5.41) is 26.5. The van der Waals surface area contributed by atoms with Gasteiger partial charge in [0.05, 0.1) is 13.2 Å². The predicted octanol–water partition coefficient (Wildman–Crippen LogP) is 3.44. The summed E-state index contributed by atoms with van der Waals surface area (Å²) in [6, 6.07) is 7.41. The Kier molecular flexibility index (Phi) is 7.25. The Morgan fingerprint density at radius 3 is 2.60 bits per heavy atom. The molecule has 0 amide bonds. The van der Waals surface area contributed by atoms with E-state index in [-0.39, 0.29) is 30.0 Å². The van der Waals surface area contributed by atoms with Crippen molar-refractivity contribution in [1.29, 1.82) is 5.41 Å². The number of ketones is 1. The standard InChI is InChI=1S/C26H35N5O4/c1-17-11-23(35-16-18-7-8-18)28-31-24(17)29-30(25(31)27)15-22(33)19-12-20(26(2,3)4)14-21(13-19)34-10-6-5-9-32/h11-14,18,27,32H,5-10,15-16H2,1-4H3. The number of aryl methyl sites for hydroxylation is 1. The van der Waals surface area contributed by atoms with Crippen LogP contribution in [0.3, 0.4) is 0 Å². The van der Waals surface area contributed by atoms with Crippen LogP contribution in [0.15, 0.2) is 24.3 Å². The highest BCUT2D eigenvalue weighted by molar-refractivity contribution is 5.96. The number of unbranched alkanes of at least 4 members (excludes halogenated alkanes) is 1. The molecule has 0 bridgehead atoms. The number of carbonyl (C=O) groups is 1. The second-order valence-corrected chi connectivity index (χ2v) is 10.3. The number of ether oxygens (including phenoxy) is 2. The number of rotatable bonds is 11. The van der Waals surface area contributed by atoms with Gasteiger partial charge in [-0.05, 0) is 67.7 Å². The molecule has 35 heavy (non-hydrogen) atoms. The van der Waals surface area contributed by atoms with Crippen molar-refractivity contribution >= 4 is 11.4 Å². The molecular formula is C26H35N5O4. The number of Topliss-reactive ketones (excluding diaryl/α,β-unsaturated/α-hetero) is 1. The summed E-state index contributed by atoms with van der Waals surface area (Å²) >= 11 is 0. The lowest BCUT2D eigenvalue weighted by Crippen LogP contribution is -2.26. The number of aliphatic hydroxyl groups excluding tert-OH is 1. The number of nitrogens with zero attached hydrogens (tertiary/aromatic N) is 4. The molecular weight excluding hydrogens is 446 g/mol. The zero-order valence-corrected chi connectivity index (χ0v) is 21.0. The van der Waals surface area contributed by atoms with Gasteiger partial charge >= 0.3 is 0 Å². The lowest BCUT2D eigenvalue weighted by molar-refractivity contribution is 0.0965. The first kappa shape index (κ1) is 24.9. The lowest BCUT2D eigenvalue weighted by Gasteiger charge is -2.21. The van der Waals surface area contributed by atoms with Crippen LogP contribution in [0.2, 0.25) is 0 Å². The van der Waals surface area contributed by atoms with Gasteiger partial charge in [0.1, 0.15) is 12.3 Å². The molecule has 2 heterocycles. The average molecular weight is 482 g/mol. The highest BCUT2D eigenvalue weighted by Gasteiger charge is 2.23. The second-order valence-electron chi connectivity index (χ2n) is 10.3. The van der Waals surface area contributed by atoms with Crippen molar-refractivity contribution in [1.82, 2.24) is 19.4 Å². The largest absolute Gasteiger partial charge is 0.494 e. The Bertz CT molecular complexity index is 1270. The summed E-state index contributed by atoms with van der Waals surface area (Å²) in [6.45, 7) is 9.29. The van der Waals surface area contributed by atoms with Gasteiger partial charge in [-0.2, -0.15) is 4.52 Å². The van der Waals surface area contributed by atoms with E-state index >= 15 is 0 Å². The molecule has 1 aliphatic rings. The Balaban J connectivity index is 1.58. The maximum Gasteiger partial charge on any atom is 0.242 e. The number of aliphatic hydroxyl groups is 1. The van der Waals surface area contributed by atoms with Crippen LogP contribution in [0, 0.1) is 18.3 Å². The molecule has 0 atom stereocenters. The molecule has 4 rings (SSSR count). The minimum absolute atomic E-state index is 0.0146. The van der Waals surface area contributed by atoms with Gasteiger partial charge in [-0.15, -0.1) is 10.2 Å². The fourth-order valence-corrected chi connectivity index (χ4v) is 3.71. The molecule has 188 valence electrons. The number of benzene rings is 1. The number of hydrogen-bond donors (Lipinski definition) is 2. The predicted molar refractivity (Wildman–Crippen MR) is 131 cm³/mol. The van der Waals surface area contributed by atoms with Crippen molar-refractivity contribution in [3.63, 3.8) is 0 Å². The van der Waals surface area contributed by atoms with Crippen molar-refractivity contribution in [2.24, 2.45) is 5.92 Å². The fourth-order valence-electron chi connectivity index (χ4n) is 3.71. The molecule has 3 aromatic rings. The highest BCUT2D eigenvalue weighted by atomic mass is 16.5. The Morgan fingerprint density at radius 2 is 1.91 bits per heavy atom. The van der Waals surface area contributed by atoms with Crippen LogP contribution in [0.4, 0.5) is 0 Å². The van der Waals surface area contributed by atoms with Crippen molar-refractivity contribution in [2.45, 2.75) is 65.3 Å². The third-order valence-electron chi connectivity index (χ3n) is 6.13. The molecule has 1 aromatic carbocycles. The number of nitrogens with one attached hydrogen (secondary N) is 1. The Morgan fingerprint density at radius 1 is 1.14 bits per heavy atom. The van der Waals surface area contributed by atoms with Crippen LogP contribution in [0.5, 0.6) is 11.6 Å². The molecule has 2 aromatic heterocycles. The van der Waals surface area contributed by atoms with E-state index in [0.717, 1.165) is 17.5 Å². The van der Waals surface area contributed by atoms with Gasteiger partial charge in [-0.3, -0.25) is 10.2 Å². The average Bonchev–Trinajstić information content (AvgIpc) is 3.59. The first-order chi connectivity index (χ1) is 16.7. The third-order valence-corrected chi connectivity index (χ3v) is 6.13. The second kappa shape index (κ2) is 10.2. The lowest BCUT2D eigenvalue weighted by atomic mass is 9.85. The van der Waals surface area contributed by atoms with E-state index in [1.165, 1.54) is 22.0 Å². The Labute approximate surface area is 205 Å². The van der Waals surface area contributed by atoms with Gasteiger partial charge < -0.3 is 14.6 Å². The number of carbonyl (C=O) groups excluding carboxylic acids is 1. The van der Waals surface area contributed by atoms with Gasteiger partial charge in [0.25, 0.3) is 0 Å². The van der Waals surface area contributed by atoms with Crippen LogP contribution in [0.25, 0.3) is 5.65 Å². The molecule has 0 radical (unpaired) electrons. The van der Waals surface area contributed by atoms with Crippen molar-refractivity contribution in [3.8, 4) is 11.6 Å². The van der Waals surface area contributed by atoms with E-state index in [4.69, 9.17) is 20.0 Å². The molecule has 0 saturated heterocycles. The first-order valence-corrected chi connectivity index (χ1v) is 12.2. The van der Waals surface area contributed by atoms with Crippen LogP contribution < -0.4 is 15.1 Å². The van der Waals surface area contributed by atoms with E-state index in [9.17, 15) is 4.79 Å². The van der Waals surface area contributed by atoms with E-state index in [0.29, 0.717) is 48.4 Å². The van der Waals surface area contributed by atoms with Gasteiger partial charge in [-0.1, -0.05) is 20.8 Å². The van der Waals surface area contributed by atoms with Crippen molar-refractivity contribution < 1.29 is 19.4 Å². The minimum atomic E-state index is -0.172. The number of aromatic nitrogens is 4. The topological polar surface area (TPSA) is 115 Å². The molecule has 1 aliphatic carbocycles. The smallest absolute Gasteiger partial charge is 0.242 e. The Hall–Kier alpha value is -3.20. The van der Waals surface area contributed by atoms with E-state index in [1.54, 1.807) is 6.07 Å². The van der Waals surface area contributed by atoms with E-state index in [2.05, 4.69) is 31.0 Å². The maximum atomic E-state index is 13.3. The van der Waals surface area contributed by atoms with Crippen molar-refractivity contribution in [2.75, 3.05) is 19.8 Å². The van der Waals surface area contributed by atoms with Crippen LogP contribution >= 0.6 is 0 Å². The molecule has 9 heteroatoms. The maximum absolute atomic E-state index is 13.3. The third kappa shape index (κ3) is 6.08. The van der Waals surface area contributed by atoms with Crippen LogP contribution in [-0.4, -0.2) is 50.1 Å². The van der Waals surface area contributed by atoms with Gasteiger partial charge in [0, 0.05) is 23.8 Å². The molecule has 0 unspecified atom stereocenters. The van der Waals surface area contributed by atoms with Crippen LogP contribution in [0.1, 0.15) is 67.9 Å². The van der Waals surface area contributed by atoms with E-state index in [1.807, 2.05) is 25.1 Å². The number of hydrogen-bond acceptors (Lipinski definition) is 7. The van der Waals surface area contributed by atoms with E-state index < -0.39 is 0 Å². The quantitative estimate of drug-likeness (QED) is 0.320. The summed E-state index contributed by atoms with van der Waals surface area (Å²) in [7, 11) is 0. The minimum Gasteiger partial charge on any atom is -0.494 e. The molecule has 9 nitrogen and oxygen atoms in total. The number of fused-ring (bicyclic) bond motifs is 1. The molecule has 0 spiro atoms. The summed E-state index contributed by atoms with van der Waals surface area (Å²) < 4.78 is 14.5. The normalized spacial score (nSPS) is 13.9. The summed E-state index contributed by atoms with van der Waals surface area (Å²) in [4.78, 5) is 13.3. The fraction of sp³-hybridized carbons (Fsp3) is 0.538. The molecule has 1 fully saturated rings. The highest BCUT2D eigenvalue weighted by Crippen LogP contribution is 2.30. The summed E-state index contributed by atoms with van der Waals surface area (Å²) in [5.74, 6) is 1.52. The molecule has 2 N–H and O–H groups in total. The molecule has 1 saturated carbocycles. The van der Waals surface area contributed by atoms with Crippen molar-refractivity contribution in [3.05, 3.63) is 46.6 Å². The van der Waals surface area contributed by atoms with Crippen LogP contribution in [-0.2, 0) is 12.0 Å². The molecule has 0 aliphatic heterocycles. The van der Waals surface area contributed by atoms with Gasteiger partial charge in [-0.25, -0.2) is 4.68 Å². The summed E-state index contributed by atoms with van der Waals surface area (Å²) in [5.41, 5.74) is 2.70. The monoisotopic (exact) mass is 481 g/mol. The van der Waals surface area contributed by atoms with Gasteiger partial charge in [0.2, 0.25) is 11.5 Å². The first-order valence-electron chi connectivity index (χ1n) is 12.2. The zero-order chi connectivity index (χ0) is 25.2. The summed E-state index contributed by atoms with van der Waals surface area (Å²) in [6.07, 6.45) is 3.77. The SMILES string of the molecule is Cc1cc(OCC2CC2)nn2c(=N)n(CC(=O)c3cc(OCCCCO)cc(C(C)(C)C)c3)nc12.